The number of hydrogen-bond acceptors (Lipinski definition) is 5. The van der Waals surface area contributed by atoms with Crippen molar-refractivity contribution in [1.82, 2.24) is 14.9 Å². The number of aromatic nitrogens is 2. The Bertz CT molecular complexity index is 785. The third-order valence-corrected chi connectivity index (χ3v) is 5.66. The third kappa shape index (κ3) is 3.46. The van der Waals surface area contributed by atoms with Crippen molar-refractivity contribution in [2.45, 2.75) is 25.3 Å². The molecule has 1 spiro atoms. The average Bonchev–Trinajstić information content (AvgIpc) is 3.41. The van der Waals surface area contributed by atoms with Gasteiger partial charge in [0.1, 0.15) is 4.99 Å². The van der Waals surface area contributed by atoms with Crippen LogP contribution in [0.4, 0.5) is 10.3 Å². The van der Waals surface area contributed by atoms with Gasteiger partial charge in [-0.2, -0.15) is 0 Å². The van der Waals surface area contributed by atoms with Crippen LogP contribution in [0.25, 0.3) is 0 Å². The molecule has 0 amide bonds. The predicted octanol–water partition coefficient (Wildman–Crippen LogP) is 3.14. The molecular formula is C18H21ClFN5S. The summed E-state index contributed by atoms with van der Waals surface area (Å²) in [6, 6.07) is 0. The van der Waals surface area contributed by atoms with Crippen LogP contribution in [0.2, 0.25) is 0 Å². The van der Waals surface area contributed by atoms with E-state index in [-0.39, 0.29) is 5.54 Å². The van der Waals surface area contributed by atoms with Gasteiger partial charge in [-0.1, -0.05) is 36.5 Å². The minimum Gasteiger partial charge on any atom is -0.398 e. The Morgan fingerprint density at radius 3 is 2.58 bits per heavy atom. The molecule has 138 valence electrons. The molecule has 0 unspecified atom stereocenters. The molecule has 5 nitrogen and oxygen atoms in total. The van der Waals surface area contributed by atoms with Gasteiger partial charge in [0.25, 0.3) is 0 Å². The van der Waals surface area contributed by atoms with Crippen LogP contribution in [0.3, 0.4) is 0 Å². The Hall–Kier alpha value is -1.99. The highest BCUT2D eigenvalue weighted by atomic mass is 35.5. The minimum atomic E-state index is -0.439. The molecule has 26 heavy (non-hydrogen) atoms. The van der Waals surface area contributed by atoms with E-state index in [1.54, 1.807) is 12.2 Å². The minimum absolute atomic E-state index is 0.0787. The number of anilines is 1. The zero-order valence-electron chi connectivity index (χ0n) is 14.6. The quantitative estimate of drug-likeness (QED) is 0.482. The molecule has 1 aliphatic carbocycles. The van der Waals surface area contributed by atoms with E-state index >= 15 is 0 Å². The second-order valence-electron chi connectivity index (χ2n) is 6.48. The molecule has 0 atom stereocenters. The Morgan fingerprint density at radius 1 is 1.38 bits per heavy atom. The van der Waals surface area contributed by atoms with Gasteiger partial charge in [0.2, 0.25) is 5.95 Å². The zero-order valence-corrected chi connectivity index (χ0v) is 16.2. The van der Waals surface area contributed by atoms with E-state index in [1.165, 1.54) is 12.4 Å². The Kier molecular flexibility index (Phi) is 5.29. The maximum absolute atomic E-state index is 13.1. The molecule has 0 radical (unpaired) electrons. The number of hydrogen-bond donors (Lipinski definition) is 1. The summed E-state index contributed by atoms with van der Waals surface area (Å²) in [5.74, 6) is 0.0986. The summed E-state index contributed by atoms with van der Waals surface area (Å²) in [4.78, 5) is 13.1. The smallest absolute Gasteiger partial charge is 0.225 e. The van der Waals surface area contributed by atoms with Gasteiger partial charge in [-0.3, -0.25) is 0 Å². The molecular weight excluding hydrogens is 373 g/mol. The van der Waals surface area contributed by atoms with Crippen LogP contribution in [0.1, 0.15) is 19.8 Å². The van der Waals surface area contributed by atoms with E-state index in [1.807, 2.05) is 6.92 Å². The van der Waals surface area contributed by atoms with Gasteiger partial charge < -0.3 is 15.5 Å². The number of allylic oxidation sites excluding steroid dienone is 2. The molecule has 8 heteroatoms. The largest absolute Gasteiger partial charge is 0.398 e. The van der Waals surface area contributed by atoms with E-state index in [4.69, 9.17) is 29.6 Å². The molecule has 2 aliphatic rings. The first kappa shape index (κ1) is 18.8. The molecule has 1 saturated carbocycles. The lowest BCUT2D eigenvalue weighted by molar-refractivity contribution is 0.263. The molecule has 1 aromatic heterocycles. The number of nitrogens with zero attached hydrogens (tertiary/aromatic N) is 4. The highest BCUT2D eigenvalue weighted by Gasteiger charge is 2.53. The summed E-state index contributed by atoms with van der Waals surface area (Å²) in [5, 5.41) is 0.521. The van der Waals surface area contributed by atoms with Crippen LogP contribution in [-0.4, -0.2) is 45.0 Å². The van der Waals surface area contributed by atoms with Crippen molar-refractivity contribution in [3.8, 4) is 0 Å². The summed E-state index contributed by atoms with van der Waals surface area (Å²) in [6.45, 7) is 7.69. The Morgan fingerprint density at radius 2 is 2.04 bits per heavy atom. The summed E-state index contributed by atoms with van der Waals surface area (Å²) in [5.41, 5.74) is 7.14. The van der Waals surface area contributed by atoms with Crippen molar-refractivity contribution >= 4 is 34.8 Å². The summed E-state index contributed by atoms with van der Waals surface area (Å²) < 4.78 is 13.1. The molecule has 2 N–H and O–H groups in total. The maximum atomic E-state index is 13.1. The van der Waals surface area contributed by atoms with Gasteiger partial charge in [0.05, 0.1) is 23.5 Å². The number of halogens is 2. The van der Waals surface area contributed by atoms with Crippen LogP contribution in [0.5, 0.6) is 0 Å². The fraction of sp³-hybridized carbons (Fsp3) is 0.389. The van der Waals surface area contributed by atoms with Crippen LogP contribution >= 0.6 is 23.8 Å². The van der Waals surface area contributed by atoms with Crippen molar-refractivity contribution in [1.29, 1.82) is 0 Å². The van der Waals surface area contributed by atoms with Crippen LogP contribution < -0.4 is 10.6 Å². The van der Waals surface area contributed by atoms with Crippen molar-refractivity contribution < 1.29 is 4.39 Å². The van der Waals surface area contributed by atoms with Gasteiger partial charge in [-0.15, -0.1) is 0 Å². The number of nitrogens with two attached hydrogens (primary N) is 1. The molecule has 0 aromatic carbocycles. The first-order valence-electron chi connectivity index (χ1n) is 8.40. The fourth-order valence-electron chi connectivity index (χ4n) is 3.25. The fourth-order valence-corrected chi connectivity index (χ4v) is 4.02. The second kappa shape index (κ2) is 7.32. The topological polar surface area (TPSA) is 58.3 Å². The van der Waals surface area contributed by atoms with Crippen molar-refractivity contribution in [2.24, 2.45) is 5.73 Å². The molecule has 1 aliphatic heterocycles. The number of rotatable bonds is 4. The second-order valence-corrected chi connectivity index (χ2v) is 7.27. The lowest BCUT2D eigenvalue weighted by atomic mass is 10.1. The average molecular weight is 394 g/mol. The Labute approximate surface area is 163 Å². The zero-order chi connectivity index (χ0) is 18.9. The van der Waals surface area contributed by atoms with Crippen LogP contribution in [0.15, 0.2) is 47.4 Å². The van der Waals surface area contributed by atoms with E-state index in [0.717, 1.165) is 19.4 Å². The van der Waals surface area contributed by atoms with Crippen molar-refractivity contribution in [3.63, 3.8) is 0 Å². The lowest BCUT2D eigenvalue weighted by Gasteiger charge is -2.44. The SMILES string of the molecule is C=C/C(N)=C(C(=S)N1CCN(c2ncc(F)cn2)CC12CC2)\C(Cl)=C/C. The molecule has 0 bridgehead atoms. The van der Waals surface area contributed by atoms with Crippen molar-refractivity contribution in [2.75, 3.05) is 24.5 Å². The van der Waals surface area contributed by atoms with Gasteiger partial charge in [0.15, 0.2) is 5.82 Å². The molecule has 1 aromatic rings. The predicted molar refractivity (Wildman–Crippen MR) is 106 cm³/mol. The van der Waals surface area contributed by atoms with Gasteiger partial charge in [-0.25, -0.2) is 14.4 Å². The monoisotopic (exact) mass is 393 g/mol. The standard InChI is InChI=1S/C18H21ClFN5S/c1-3-13(19)15(14(21)4-2)16(26)25-8-7-24(11-18(25)5-6-18)17-22-9-12(20)10-23-17/h3-4,9-10H,2,5-8,11,21H2,1H3/b13-3+,15-14-. The first-order valence-corrected chi connectivity index (χ1v) is 9.19. The van der Waals surface area contributed by atoms with Gasteiger partial charge >= 0.3 is 0 Å². The van der Waals surface area contributed by atoms with Crippen molar-refractivity contribution in [3.05, 3.63) is 53.2 Å². The highest BCUT2D eigenvalue weighted by molar-refractivity contribution is 7.80. The Balaban J connectivity index is 1.84. The molecule has 3 rings (SSSR count). The first-order chi connectivity index (χ1) is 12.4. The molecule has 1 saturated heterocycles. The van der Waals surface area contributed by atoms with Crippen LogP contribution in [-0.2, 0) is 0 Å². The number of thiocarbonyl (C=S) groups is 1. The molecule has 2 fully saturated rings. The molecule has 2 heterocycles. The lowest BCUT2D eigenvalue weighted by Crippen LogP contribution is -2.57. The summed E-state index contributed by atoms with van der Waals surface area (Å²) in [7, 11) is 0. The van der Waals surface area contributed by atoms with E-state index in [0.29, 0.717) is 40.3 Å². The summed E-state index contributed by atoms with van der Waals surface area (Å²) in [6.07, 6.45) is 7.75. The van der Waals surface area contributed by atoms with E-state index in [9.17, 15) is 4.39 Å². The third-order valence-electron chi connectivity index (χ3n) is 4.83. The van der Waals surface area contributed by atoms with Crippen LogP contribution in [0, 0.1) is 5.82 Å². The highest BCUT2D eigenvalue weighted by Crippen LogP contribution is 2.46. The number of piperazine rings is 1. The maximum Gasteiger partial charge on any atom is 0.225 e. The summed E-state index contributed by atoms with van der Waals surface area (Å²) >= 11 is 12.1. The van der Waals surface area contributed by atoms with E-state index < -0.39 is 5.82 Å². The van der Waals surface area contributed by atoms with Gasteiger partial charge in [0, 0.05) is 30.4 Å². The normalized spacial score (nSPS) is 20.0. The van der Waals surface area contributed by atoms with E-state index in [2.05, 4.69) is 26.3 Å². The van der Waals surface area contributed by atoms with Gasteiger partial charge in [-0.05, 0) is 25.8 Å².